The average Bonchev–Trinajstić information content (AvgIpc) is 2.93. The van der Waals surface area contributed by atoms with E-state index in [1.807, 2.05) is 0 Å². The molecule has 8 nitrogen and oxygen atoms in total. The van der Waals surface area contributed by atoms with Crippen molar-refractivity contribution in [3.05, 3.63) is 11.8 Å². The highest BCUT2D eigenvalue weighted by Crippen LogP contribution is 2.34. The van der Waals surface area contributed by atoms with E-state index in [0.717, 1.165) is 6.07 Å². The van der Waals surface area contributed by atoms with Gasteiger partial charge in [-0.1, -0.05) is 0 Å². The van der Waals surface area contributed by atoms with E-state index in [2.05, 4.69) is 19.1 Å². The van der Waals surface area contributed by atoms with Gasteiger partial charge in [-0.25, -0.2) is 13.1 Å². The summed E-state index contributed by atoms with van der Waals surface area (Å²) in [5.41, 5.74) is -5.09. The molecule has 1 aliphatic rings. The highest BCUT2D eigenvalue weighted by molar-refractivity contribution is 7.90. The highest BCUT2D eigenvalue weighted by atomic mass is 32.2. The van der Waals surface area contributed by atoms with Crippen molar-refractivity contribution in [1.82, 2.24) is 14.9 Å². The summed E-state index contributed by atoms with van der Waals surface area (Å²) in [6.07, 6.45) is 2.20. The number of aromatic nitrogens is 2. The number of nitrogens with zero attached hydrogens (tertiary/aromatic N) is 1. The lowest BCUT2D eigenvalue weighted by Gasteiger charge is -2.30. The Hall–Kier alpha value is -1.34. The lowest BCUT2D eigenvalue weighted by atomic mass is 9.84. The number of H-pyrrole nitrogens is 1. The van der Waals surface area contributed by atoms with Crippen LogP contribution in [-0.2, 0) is 20.1 Å². The number of halogens is 3. The molecule has 0 atom stereocenters. The van der Waals surface area contributed by atoms with Crippen LogP contribution in [-0.4, -0.2) is 43.3 Å². The van der Waals surface area contributed by atoms with Crippen molar-refractivity contribution < 1.29 is 34.2 Å². The number of hydrogen-bond donors (Lipinski definition) is 2. The fraction of sp³-hybridized carbons (Fsp3) is 0.786. The molecule has 0 spiro atoms. The van der Waals surface area contributed by atoms with Crippen molar-refractivity contribution in [2.45, 2.75) is 68.7 Å². The van der Waals surface area contributed by atoms with Gasteiger partial charge in [0.2, 0.25) is 10.0 Å². The molecule has 1 heterocycles. The molecule has 0 bridgehead atoms. The Labute approximate surface area is 156 Å². The lowest BCUT2D eigenvalue weighted by molar-refractivity contribution is -0.0501. The second-order valence-electron chi connectivity index (χ2n) is 7.43. The molecule has 0 aromatic carbocycles. The molecule has 156 valence electrons. The second-order valence-corrected chi connectivity index (χ2v) is 11.4. The lowest BCUT2D eigenvalue weighted by Crippen LogP contribution is -2.45. The SMILES string of the molecule is CC(C)(C)S(=O)(=O)NC1CCC(c2cc(OS(=O)(=O)C(F)(F)F)n[nH]2)CC1. The Morgan fingerprint density at radius 3 is 2.15 bits per heavy atom. The molecule has 0 aliphatic heterocycles. The predicted molar refractivity (Wildman–Crippen MR) is 91.0 cm³/mol. The fourth-order valence-electron chi connectivity index (χ4n) is 2.65. The molecule has 27 heavy (non-hydrogen) atoms. The topological polar surface area (TPSA) is 118 Å². The van der Waals surface area contributed by atoms with Crippen molar-refractivity contribution in [3.8, 4) is 5.88 Å². The van der Waals surface area contributed by atoms with Gasteiger partial charge in [0.05, 0.1) is 4.75 Å². The van der Waals surface area contributed by atoms with Crippen LogP contribution in [0.1, 0.15) is 58.1 Å². The summed E-state index contributed by atoms with van der Waals surface area (Å²) in [6.45, 7) is 4.80. The van der Waals surface area contributed by atoms with E-state index in [9.17, 15) is 30.0 Å². The minimum atomic E-state index is -5.77. The Kier molecular flexibility index (Phi) is 5.89. The van der Waals surface area contributed by atoms with E-state index in [0.29, 0.717) is 31.4 Å². The van der Waals surface area contributed by atoms with E-state index in [1.54, 1.807) is 20.8 Å². The van der Waals surface area contributed by atoms with E-state index < -0.39 is 36.3 Å². The van der Waals surface area contributed by atoms with Crippen molar-refractivity contribution in [2.24, 2.45) is 0 Å². The third-order valence-corrected chi connectivity index (χ3v) is 7.56. The first kappa shape index (κ1) is 22.0. The van der Waals surface area contributed by atoms with Crippen molar-refractivity contribution in [3.63, 3.8) is 0 Å². The number of sulfonamides is 1. The van der Waals surface area contributed by atoms with Crippen LogP contribution in [0.2, 0.25) is 0 Å². The van der Waals surface area contributed by atoms with Gasteiger partial charge in [-0.3, -0.25) is 5.10 Å². The van der Waals surface area contributed by atoms with Crippen molar-refractivity contribution in [2.75, 3.05) is 0 Å². The van der Waals surface area contributed by atoms with Gasteiger partial charge in [-0.2, -0.15) is 21.6 Å². The summed E-state index contributed by atoms with van der Waals surface area (Å²) in [5, 5.41) is 5.95. The summed E-state index contributed by atoms with van der Waals surface area (Å²) >= 11 is 0. The van der Waals surface area contributed by atoms with Crippen LogP contribution in [0.25, 0.3) is 0 Å². The van der Waals surface area contributed by atoms with Crippen molar-refractivity contribution in [1.29, 1.82) is 0 Å². The molecule has 0 saturated heterocycles. The van der Waals surface area contributed by atoms with Gasteiger partial charge in [0.1, 0.15) is 0 Å². The van der Waals surface area contributed by atoms with E-state index in [-0.39, 0.29) is 12.0 Å². The molecule has 0 radical (unpaired) electrons. The maximum atomic E-state index is 12.3. The zero-order chi connectivity index (χ0) is 20.7. The first-order valence-corrected chi connectivity index (χ1v) is 11.1. The Morgan fingerprint density at radius 1 is 1.11 bits per heavy atom. The maximum Gasteiger partial charge on any atom is 0.534 e. The van der Waals surface area contributed by atoms with Gasteiger partial charge >= 0.3 is 15.6 Å². The zero-order valence-corrected chi connectivity index (χ0v) is 16.6. The number of nitrogens with one attached hydrogen (secondary N) is 2. The number of alkyl halides is 3. The van der Waals surface area contributed by atoms with Gasteiger partial charge in [0.15, 0.2) is 0 Å². The molecule has 2 N–H and O–H groups in total. The molecular weight excluding hydrogens is 411 g/mol. The number of rotatable bonds is 5. The summed E-state index contributed by atoms with van der Waals surface area (Å²) < 4.78 is 89.1. The van der Waals surface area contributed by atoms with Gasteiger partial charge in [-0.15, -0.1) is 5.10 Å². The first-order valence-electron chi connectivity index (χ1n) is 8.20. The third kappa shape index (κ3) is 5.13. The van der Waals surface area contributed by atoms with Crippen LogP contribution in [0.3, 0.4) is 0 Å². The normalized spacial score (nSPS) is 22.6. The molecule has 1 aromatic heterocycles. The van der Waals surface area contributed by atoms with Crippen molar-refractivity contribution >= 4 is 20.1 Å². The summed E-state index contributed by atoms with van der Waals surface area (Å²) in [6, 6.07) is 0.892. The van der Waals surface area contributed by atoms with Crippen LogP contribution in [0.15, 0.2) is 6.07 Å². The van der Waals surface area contributed by atoms with Gasteiger partial charge in [0.25, 0.3) is 5.88 Å². The molecule has 1 aliphatic carbocycles. The van der Waals surface area contributed by atoms with Crippen LogP contribution in [0.4, 0.5) is 13.2 Å². The zero-order valence-electron chi connectivity index (χ0n) is 15.0. The predicted octanol–water partition coefficient (Wildman–Crippen LogP) is 2.38. The Balaban J connectivity index is 1.97. The maximum absolute atomic E-state index is 12.3. The van der Waals surface area contributed by atoms with E-state index in [1.165, 1.54) is 0 Å². The molecular formula is C14H22F3N3O5S2. The molecule has 1 fully saturated rings. The molecule has 2 rings (SSSR count). The number of aromatic amines is 1. The third-order valence-electron chi connectivity index (χ3n) is 4.35. The first-order chi connectivity index (χ1) is 12.1. The Bertz CT molecular complexity index is 865. The second kappa shape index (κ2) is 7.24. The smallest absolute Gasteiger partial charge is 0.354 e. The average molecular weight is 433 g/mol. The molecule has 0 amide bonds. The summed E-state index contributed by atoms with van der Waals surface area (Å²) in [5.74, 6) is -0.795. The minimum Gasteiger partial charge on any atom is -0.354 e. The minimum absolute atomic E-state index is 0.112. The van der Waals surface area contributed by atoms with E-state index >= 15 is 0 Å². The molecule has 13 heteroatoms. The quantitative estimate of drug-likeness (QED) is 0.544. The fourth-order valence-corrected chi connectivity index (χ4v) is 4.08. The monoisotopic (exact) mass is 433 g/mol. The molecule has 1 saturated carbocycles. The summed E-state index contributed by atoms with van der Waals surface area (Å²) in [4.78, 5) is 0. The van der Waals surface area contributed by atoms with Gasteiger partial charge in [-0.05, 0) is 46.5 Å². The summed E-state index contributed by atoms with van der Waals surface area (Å²) in [7, 11) is -9.24. The van der Waals surface area contributed by atoms with Crippen LogP contribution >= 0.6 is 0 Å². The molecule has 0 unspecified atom stereocenters. The van der Waals surface area contributed by atoms with Crippen LogP contribution < -0.4 is 8.91 Å². The largest absolute Gasteiger partial charge is 0.534 e. The van der Waals surface area contributed by atoms with Gasteiger partial charge in [0, 0.05) is 23.7 Å². The van der Waals surface area contributed by atoms with E-state index in [4.69, 9.17) is 0 Å². The highest BCUT2D eigenvalue weighted by Gasteiger charge is 2.49. The standard InChI is InChI=1S/C14H22F3N3O5S2/c1-13(2,3)26(21,22)20-10-6-4-9(5-7-10)11-8-12(19-18-11)25-27(23,24)14(15,16)17/h8-10,20H,4-7H2,1-3H3,(H,18,19). The van der Waals surface area contributed by atoms with Gasteiger partial charge < -0.3 is 4.18 Å². The number of hydrogen-bond acceptors (Lipinski definition) is 6. The van der Waals surface area contributed by atoms with Crippen LogP contribution in [0.5, 0.6) is 5.88 Å². The Morgan fingerprint density at radius 2 is 1.67 bits per heavy atom. The molecule has 1 aromatic rings. The van der Waals surface area contributed by atoms with Crippen LogP contribution in [0, 0.1) is 0 Å².